The van der Waals surface area contributed by atoms with Gasteiger partial charge in [-0.05, 0) is 48.0 Å². The third-order valence-corrected chi connectivity index (χ3v) is 5.19. The van der Waals surface area contributed by atoms with Crippen LogP contribution >= 0.6 is 11.8 Å². The van der Waals surface area contributed by atoms with E-state index in [1.807, 2.05) is 42.5 Å². The number of hydrogen-bond acceptors (Lipinski definition) is 6. The fraction of sp³-hybridized carbons (Fsp3) is 0.167. The van der Waals surface area contributed by atoms with E-state index in [4.69, 9.17) is 9.47 Å². The molecule has 26 heavy (non-hydrogen) atoms. The Bertz CT molecular complexity index is 1010. The van der Waals surface area contributed by atoms with Crippen molar-refractivity contribution < 1.29 is 9.47 Å². The number of aromatic nitrogens is 5. The lowest BCUT2D eigenvalue weighted by Gasteiger charge is -2.06. The number of nitrogens with zero attached hydrogens (tertiary/aromatic N) is 3. The van der Waals surface area contributed by atoms with Crippen LogP contribution in [0.1, 0.15) is 5.82 Å². The second-order valence-electron chi connectivity index (χ2n) is 5.59. The smallest absolute Gasteiger partial charge is 0.184 e. The molecule has 4 aromatic rings. The molecule has 0 saturated heterocycles. The number of methoxy groups -OCH3 is 2. The average Bonchev–Trinajstić information content (AvgIpc) is 3.33. The van der Waals surface area contributed by atoms with Crippen LogP contribution in [0.3, 0.4) is 0 Å². The van der Waals surface area contributed by atoms with Crippen LogP contribution < -0.4 is 9.47 Å². The second-order valence-corrected chi connectivity index (χ2v) is 6.57. The summed E-state index contributed by atoms with van der Waals surface area (Å²) in [6.07, 6.45) is 0. The van der Waals surface area contributed by atoms with E-state index in [-0.39, 0.29) is 0 Å². The van der Waals surface area contributed by atoms with Crippen LogP contribution in [-0.4, -0.2) is 39.8 Å². The van der Waals surface area contributed by atoms with Gasteiger partial charge in [0.2, 0.25) is 0 Å². The van der Waals surface area contributed by atoms with Gasteiger partial charge in [-0.15, -0.1) is 22.0 Å². The van der Waals surface area contributed by atoms with Crippen molar-refractivity contribution in [1.82, 2.24) is 25.6 Å². The fourth-order valence-corrected chi connectivity index (χ4v) is 3.80. The summed E-state index contributed by atoms with van der Waals surface area (Å²) in [5.41, 5.74) is 3.17. The van der Waals surface area contributed by atoms with E-state index < -0.39 is 0 Å². The predicted octanol–water partition coefficient (Wildman–Crippen LogP) is 3.66. The van der Waals surface area contributed by atoms with Crippen molar-refractivity contribution in [3.8, 4) is 22.8 Å². The number of rotatable bonds is 6. The van der Waals surface area contributed by atoms with Gasteiger partial charge in [-0.2, -0.15) is 5.21 Å². The van der Waals surface area contributed by atoms with Crippen molar-refractivity contribution in [2.24, 2.45) is 0 Å². The molecule has 0 fully saturated rings. The maximum atomic E-state index is 5.39. The molecule has 2 heterocycles. The molecule has 0 amide bonds. The van der Waals surface area contributed by atoms with Gasteiger partial charge in [0.1, 0.15) is 11.5 Å². The Kier molecular flexibility index (Phi) is 4.49. The van der Waals surface area contributed by atoms with Crippen molar-refractivity contribution in [1.29, 1.82) is 0 Å². The summed E-state index contributed by atoms with van der Waals surface area (Å²) in [6.45, 7) is 0. The Morgan fingerprint density at radius 2 is 1.77 bits per heavy atom. The Balaban J connectivity index is 1.79. The summed E-state index contributed by atoms with van der Waals surface area (Å²) in [5, 5.41) is 15.3. The number of tetrazole rings is 1. The largest absolute Gasteiger partial charge is 0.497 e. The lowest BCUT2D eigenvalue weighted by molar-refractivity contribution is 0.415. The zero-order valence-electron chi connectivity index (χ0n) is 14.3. The molecule has 8 heteroatoms. The third kappa shape index (κ3) is 3.11. The lowest BCUT2D eigenvalue weighted by Crippen LogP contribution is -1.87. The summed E-state index contributed by atoms with van der Waals surface area (Å²) in [5.74, 6) is 2.92. The molecule has 0 aliphatic carbocycles. The van der Waals surface area contributed by atoms with Crippen LogP contribution in [0.15, 0.2) is 47.4 Å². The standard InChI is InChI=1S/C18H17N5O2S/c1-24-12-5-3-11(4-6-12)17-18(26-10-16-20-22-23-21-16)14-9-13(25-2)7-8-15(14)19-17/h3-9,19H,10H2,1-2H3,(H,20,21,22,23). The van der Waals surface area contributed by atoms with Crippen molar-refractivity contribution in [2.45, 2.75) is 10.6 Å². The number of aromatic amines is 2. The number of fused-ring (bicyclic) bond motifs is 1. The Morgan fingerprint density at radius 1 is 1.00 bits per heavy atom. The number of benzene rings is 2. The minimum atomic E-state index is 0.615. The number of hydrogen-bond donors (Lipinski definition) is 2. The van der Waals surface area contributed by atoms with Crippen LogP contribution in [0.25, 0.3) is 22.2 Å². The van der Waals surface area contributed by atoms with Crippen molar-refractivity contribution in [2.75, 3.05) is 14.2 Å². The summed E-state index contributed by atoms with van der Waals surface area (Å²) in [4.78, 5) is 4.64. The zero-order valence-corrected chi connectivity index (χ0v) is 15.1. The molecule has 0 aliphatic rings. The molecule has 4 rings (SSSR count). The quantitative estimate of drug-likeness (QED) is 0.506. The van der Waals surface area contributed by atoms with Crippen molar-refractivity contribution in [3.05, 3.63) is 48.3 Å². The Labute approximate surface area is 154 Å². The minimum Gasteiger partial charge on any atom is -0.497 e. The molecule has 0 saturated carbocycles. The molecule has 2 N–H and O–H groups in total. The van der Waals surface area contributed by atoms with Gasteiger partial charge in [0, 0.05) is 15.8 Å². The van der Waals surface area contributed by atoms with Crippen LogP contribution in [-0.2, 0) is 5.75 Å². The highest BCUT2D eigenvalue weighted by atomic mass is 32.2. The van der Waals surface area contributed by atoms with Crippen LogP contribution in [0.4, 0.5) is 0 Å². The molecule has 0 bridgehead atoms. The first-order valence-electron chi connectivity index (χ1n) is 7.97. The topological polar surface area (TPSA) is 88.7 Å². The van der Waals surface area contributed by atoms with E-state index in [0.717, 1.165) is 38.6 Å². The highest BCUT2D eigenvalue weighted by molar-refractivity contribution is 7.98. The van der Waals surface area contributed by atoms with E-state index >= 15 is 0 Å². The van der Waals surface area contributed by atoms with Gasteiger partial charge in [-0.3, -0.25) is 0 Å². The molecule has 0 atom stereocenters. The fourth-order valence-electron chi connectivity index (χ4n) is 2.76. The molecule has 0 spiro atoms. The van der Waals surface area contributed by atoms with Gasteiger partial charge < -0.3 is 14.5 Å². The molecule has 0 unspecified atom stereocenters. The molecule has 2 aromatic carbocycles. The van der Waals surface area contributed by atoms with Crippen LogP contribution in [0, 0.1) is 0 Å². The van der Waals surface area contributed by atoms with Gasteiger partial charge in [-0.25, -0.2) is 0 Å². The minimum absolute atomic E-state index is 0.615. The average molecular weight is 367 g/mol. The SMILES string of the molecule is COc1ccc(-c2[nH]c3ccc(OC)cc3c2SCc2nn[nH]n2)cc1. The highest BCUT2D eigenvalue weighted by Crippen LogP contribution is 2.40. The number of thioether (sulfide) groups is 1. The van der Waals surface area contributed by atoms with Crippen LogP contribution in [0.2, 0.25) is 0 Å². The molecular formula is C18H17N5O2S. The first-order valence-corrected chi connectivity index (χ1v) is 8.96. The van der Waals surface area contributed by atoms with E-state index in [1.54, 1.807) is 26.0 Å². The van der Waals surface area contributed by atoms with Crippen molar-refractivity contribution >= 4 is 22.7 Å². The van der Waals surface area contributed by atoms with E-state index in [9.17, 15) is 0 Å². The number of ether oxygens (including phenoxy) is 2. The molecule has 7 nitrogen and oxygen atoms in total. The van der Waals surface area contributed by atoms with Gasteiger partial charge >= 0.3 is 0 Å². The van der Waals surface area contributed by atoms with Gasteiger partial charge in [-0.1, -0.05) is 5.21 Å². The molecule has 132 valence electrons. The van der Waals surface area contributed by atoms with Gasteiger partial charge in [0.05, 0.1) is 25.7 Å². The Morgan fingerprint density at radius 3 is 2.46 bits per heavy atom. The number of H-pyrrole nitrogens is 2. The first kappa shape index (κ1) is 16.5. The summed E-state index contributed by atoms with van der Waals surface area (Å²) < 4.78 is 10.7. The van der Waals surface area contributed by atoms with E-state index in [0.29, 0.717) is 11.6 Å². The molecule has 2 aromatic heterocycles. The monoisotopic (exact) mass is 367 g/mol. The summed E-state index contributed by atoms with van der Waals surface area (Å²) in [6, 6.07) is 14.0. The van der Waals surface area contributed by atoms with Crippen molar-refractivity contribution in [3.63, 3.8) is 0 Å². The summed E-state index contributed by atoms with van der Waals surface area (Å²) in [7, 11) is 3.33. The van der Waals surface area contributed by atoms with Gasteiger partial charge in [0.25, 0.3) is 0 Å². The van der Waals surface area contributed by atoms with Crippen LogP contribution in [0.5, 0.6) is 11.5 Å². The number of nitrogens with one attached hydrogen (secondary N) is 2. The van der Waals surface area contributed by atoms with E-state index in [1.165, 1.54) is 0 Å². The molecular weight excluding hydrogens is 350 g/mol. The molecule has 0 aliphatic heterocycles. The first-order chi connectivity index (χ1) is 12.8. The maximum absolute atomic E-state index is 5.39. The predicted molar refractivity (Wildman–Crippen MR) is 101 cm³/mol. The zero-order chi connectivity index (χ0) is 17.9. The normalized spacial score (nSPS) is 11.0. The molecule has 0 radical (unpaired) electrons. The van der Waals surface area contributed by atoms with E-state index in [2.05, 4.69) is 25.6 Å². The third-order valence-electron chi connectivity index (χ3n) is 4.07. The lowest BCUT2D eigenvalue weighted by atomic mass is 10.1. The Hall–Kier alpha value is -3.00. The second kappa shape index (κ2) is 7.09. The highest BCUT2D eigenvalue weighted by Gasteiger charge is 2.16. The maximum Gasteiger partial charge on any atom is 0.184 e. The summed E-state index contributed by atoms with van der Waals surface area (Å²) >= 11 is 1.66. The van der Waals surface area contributed by atoms with Gasteiger partial charge in [0.15, 0.2) is 5.82 Å².